The second-order valence-corrected chi connectivity index (χ2v) is 19.6. The highest BCUT2D eigenvalue weighted by atomic mass is 35.5. The molecule has 4 atom stereocenters. The number of fused-ring (bicyclic) bond motifs is 1. The molecule has 1 aliphatic heterocycles. The van der Waals surface area contributed by atoms with Gasteiger partial charge in [0.05, 0.1) is 12.9 Å². The lowest BCUT2D eigenvalue weighted by Gasteiger charge is -2.43. The highest BCUT2D eigenvalue weighted by molar-refractivity contribution is 6.78. The molecule has 192 valence electrons. The summed E-state index contributed by atoms with van der Waals surface area (Å²) in [5, 5.41) is 10.2. The van der Waals surface area contributed by atoms with E-state index in [1.165, 1.54) is 6.33 Å². The predicted octanol–water partition coefficient (Wildman–Crippen LogP) is 4.11. The SMILES string of the molecule is CC(C)[SiH](O[Si](OC[C@H]1O[C@@H](n2cnc3c(N)ncnc32)[C@@H](Cl)C1O)(C(C)C)C(C)C)C(C)C. The lowest BCUT2D eigenvalue weighted by atomic mass is 10.2. The average Bonchev–Trinajstić information content (AvgIpc) is 3.30. The van der Waals surface area contributed by atoms with E-state index in [1.54, 1.807) is 10.9 Å². The Balaban J connectivity index is 1.82. The molecule has 1 aliphatic rings. The molecule has 12 heteroatoms. The first-order chi connectivity index (χ1) is 15.9. The Kier molecular flexibility index (Phi) is 8.81. The van der Waals surface area contributed by atoms with Crippen LogP contribution in [0, 0.1) is 0 Å². The number of hydrogen-bond donors (Lipinski definition) is 2. The Labute approximate surface area is 210 Å². The van der Waals surface area contributed by atoms with E-state index in [0.29, 0.717) is 22.2 Å². The summed E-state index contributed by atoms with van der Waals surface area (Å²) >= 11 is 6.63. The summed E-state index contributed by atoms with van der Waals surface area (Å²) in [6.07, 6.45) is 0.760. The molecular formula is C22H40ClN5O4Si2. The van der Waals surface area contributed by atoms with Crippen molar-refractivity contribution in [3.05, 3.63) is 12.7 Å². The van der Waals surface area contributed by atoms with E-state index >= 15 is 0 Å². The van der Waals surface area contributed by atoms with Crippen LogP contribution < -0.4 is 5.73 Å². The van der Waals surface area contributed by atoms with Gasteiger partial charge in [0.1, 0.15) is 29.4 Å². The number of alkyl halides is 1. The van der Waals surface area contributed by atoms with Crippen LogP contribution in [0.2, 0.25) is 22.2 Å². The van der Waals surface area contributed by atoms with Crippen LogP contribution in [0.5, 0.6) is 0 Å². The van der Waals surface area contributed by atoms with Crippen molar-refractivity contribution in [2.75, 3.05) is 12.3 Å². The number of hydrogen-bond acceptors (Lipinski definition) is 8. The van der Waals surface area contributed by atoms with Gasteiger partial charge in [0, 0.05) is 0 Å². The number of nitrogen functional groups attached to an aromatic ring is 1. The summed E-state index contributed by atoms with van der Waals surface area (Å²) in [6, 6.07) is 0. The normalized spacial score (nSPS) is 24.1. The number of anilines is 1. The van der Waals surface area contributed by atoms with Crippen LogP contribution in [0.1, 0.15) is 61.6 Å². The Bertz CT molecular complexity index is 945. The van der Waals surface area contributed by atoms with E-state index in [4.69, 9.17) is 30.6 Å². The van der Waals surface area contributed by atoms with Crippen molar-refractivity contribution in [2.24, 2.45) is 0 Å². The summed E-state index contributed by atoms with van der Waals surface area (Å²) in [4.78, 5) is 12.6. The number of rotatable bonds is 10. The first-order valence-electron chi connectivity index (χ1n) is 12.1. The van der Waals surface area contributed by atoms with Crippen LogP contribution in [0.15, 0.2) is 12.7 Å². The molecule has 1 unspecified atom stereocenters. The maximum atomic E-state index is 10.9. The third-order valence-corrected chi connectivity index (χ3v) is 16.2. The van der Waals surface area contributed by atoms with Crippen molar-refractivity contribution in [1.29, 1.82) is 0 Å². The minimum atomic E-state index is -2.63. The number of nitrogens with two attached hydrogens (primary N) is 1. The molecule has 0 amide bonds. The number of ether oxygens (including phenoxy) is 1. The summed E-state index contributed by atoms with van der Waals surface area (Å²) in [6.45, 7) is 17.9. The molecule has 3 heterocycles. The smallest absolute Gasteiger partial charge is 0.333 e. The van der Waals surface area contributed by atoms with Gasteiger partial charge >= 0.3 is 8.56 Å². The van der Waals surface area contributed by atoms with Gasteiger partial charge in [-0.25, -0.2) is 15.0 Å². The standard InChI is InChI=1S/C22H40ClN5O4Si2/c1-12(2)33(13(3)4)32-34(14(5)6,15(7)8)30-9-16-19(29)17(23)22(31-16)28-11-27-18-20(24)25-10-26-21(18)28/h10-17,19,22,29,33H,9H2,1-8H3,(H2,24,25,26)/t16-,17+,19?,22-/m1/s1. The fourth-order valence-electron chi connectivity index (χ4n) is 4.89. The Morgan fingerprint density at radius 3 is 2.29 bits per heavy atom. The number of halogens is 1. The van der Waals surface area contributed by atoms with Gasteiger partial charge in [0.2, 0.25) is 0 Å². The van der Waals surface area contributed by atoms with Crippen LogP contribution in [-0.2, 0) is 13.3 Å². The molecule has 9 nitrogen and oxygen atoms in total. The lowest BCUT2D eigenvalue weighted by molar-refractivity contribution is -0.0438. The zero-order valence-electron chi connectivity index (χ0n) is 21.5. The summed E-state index contributed by atoms with van der Waals surface area (Å²) < 4.78 is 21.6. The van der Waals surface area contributed by atoms with E-state index < -0.39 is 41.4 Å². The second-order valence-electron chi connectivity index (χ2n) is 10.5. The Hall–Kier alpha value is -1.09. The third-order valence-electron chi connectivity index (χ3n) is 6.67. The van der Waals surface area contributed by atoms with Crippen molar-refractivity contribution in [2.45, 2.75) is 101 Å². The van der Waals surface area contributed by atoms with Gasteiger partial charge in [-0.05, 0) is 22.2 Å². The van der Waals surface area contributed by atoms with Crippen molar-refractivity contribution in [3.63, 3.8) is 0 Å². The molecule has 2 aromatic rings. The molecule has 3 rings (SSSR count). The molecule has 0 aliphatic carbocycles. The number of aliphatic hydroxyl groups is 1. The van der Waals surface area contributed by atoms with Gasteiger partial charge in [-0.2, -0.15) is 0 Å². The van der Waals surface area contributed by atoms with Gasteiger partial charge in [-0.1, -0.05) is 55.4 Å². The zero-order valence-corrected chi connectivity index (χ0v) is 24.4. The lowest BCUT2D eigenvalue weighted by Crippen LogP contribution is -2.54. The first-order valence-corrected chi connectivity index (χ1v) is 16.3. The molecule has 0 aromatic carbocycles. The maximum absolute atomic E-state index is 10.9. The first kappa shape index (κ1) is 27.5. The van der Waals surface area contributed by atoms with E-state index in [-0.39, 0.29) is 23.5 Å². The number of aromatic nitrogens is 4. The molecule has 0 saturated carbocycles. The topological polar surface area (TPSA) is 118 Å². The van der Waals surface area contributed by atoms with Gasteiger partial charge in [-0.3, -0.25) is 4.57 Å². The van der Waals surface area contributed by atoms with E-state index in [9.17, 15) is 5.11 Å². The monoisotopic (exact) mass is 529 g/mol. The minimum Gasteiger partial charge on any atom is -0.437 e. The second kappa shape index (κ2) is 10.9. The molecular weight excluding hydrogens is 490 g/mol. The Morgan fingerprint density at radius 2 is 1.74 bits per heavy atom. The van der Waals surface area contributed by atoms with Crippen LogP contribution in [0.25, 0.3) is 11.2 Å². The van der Waals surface area contributed by atoms with Crippen molar-refractivity contribution < 1.29 is 18.4 Å². The van der Waals surface area contributed by atoms with E-state index in [2.05, 4.69) is 70.3 Å². The summed E-state index contributed by atoms with van der Waals surface area (Å²) in [5.74, 6) is 0.282. The van der Waals surface area contributed by atoms with Crippen molar-refractivity contribution in [1.82, 2.24) is 19.5 Å². The van der Waals surface area contributed by atoms with Crippen LogP contribution in [0.3, 0.4) is 0 Å². The molecule has 0 spiro atoms. The summed E-state index contributed by atoms with van der Waals surface area (Å²) in [7, 11) is -4.15. The molecule has 1 fully saturated rings. The predicted molar refractivity (Wildman–Crippen MR) is 140 cm³/mol. The van der Waals surface area contributed by atoms with Gasteiger partial charge in [0.25, 0.3) is 0 Å². The van der Waals surface area contributed by atoms with Crippen LogP contribution in [0.4, 0.5) is 5.82 Å². The fourth-order valence-corrected chi connectivity index (χ4v) is 15.5. The highest BCUT2D eigenvalue weighted by Gasteiger charge is 2.50. The zero-order chi connectivity index (χ0) is 25.4. The van der Waals surface area contributed by atoms with Gasteiger partial charge in [-0.15, -0.1) is 11.6 Å². The van der Waals surface area contributed by atoms with Gasteiger partial charge < -0.3 is 24.1 Å². The molecule has 2 aromatic heterocycles. The van der Waals surface area contributed by atoms with Crippen molar-refractivity contribution in [3.8, 4) is 0 Å². The highest BCUT2D eigenvalue weighted by Crippen LogP contribution is 2.40. The van der Waals surface area contributed by atoms with Crippen molar-refractivity contribution >= 4 is 46.2 Å². The molecule has 34 heavy (non-hydrogen) atoms. The molecule has 0 bridgehead atoms. The molecule has 0 radical (unpaired) electrons. The average molecular weight is 530 g/mol. The number of imidazole rings is 1. The third kappa shape index (κ3) is 5.20. The fraction of sp³-hybridized carbons (Fsp3) is 0.773. The van der Waals surface area contributed by atoms with Gasteiger partial charge in [0.15, 0.2) is 26.7 Å². The van der Waals surface area contributed by atoms with E-state index in [0.717, 1.165) is 0 Å². The molecule has 3 N–H and O–H groups in total. The Morgan fingerprint density at radius 1 is 1.12 bits per heavy atom. The largest absolute Gasteiger partial charge is 0.437 e. The number of nitrogens with zero attached hydrogens (tertiary/aromatic N) is 4. The van der Waals surface area contributed by atoms with E-state index in [1.807, 2.05) is 0 Å². The number of aliphatic hydroxyl groups excluding tert-OH is 1. The van der Waals surface area contributed by atoms with Crippen LogP contribution >= 0.6 is 11.6 Å². The maximum Gasteiger partial charge on any atom is 0.333 e. The minimum absolute atomic E-state index is 0.213. The van der Waals surface area contributed by atoms with Crippen LogP contribution in [-0.4, -0.2) is 66.4 Å². The summed E-state index contributed by atoms with van der Waals surface area (Å²) in [5.41, 5.74) is 8.40. The quantitative estimate of drug-likeness (QED) is 0.348. The molecule has 1 saturated heterocycles.